The number of anilines is 1. The lowest BCUT2D eigenvalue weighted by Crippen LogP contribution is -2.36. The Balaban J connectivity index is 1.81. The van der Waals surface area contributed by atoms with Crippen molar-refractivity contribution in [2.75, 3.05) is 17.6 Å². The first-order chi connectivity index (χ1) is 11.3. The van der Waals surface area contributed by atoms with E-state index in [0.29, 0.717) is 18.3 Å². The third kappa shape index (κ3) is 6.64. The van der Waals surface area contributed by atoms with Gasteiger partial charge in [0, 0.05) is 10.9 Å². The van der Waals surface area contributed by atoms with E-state index in [-0.39, 0.29) is 5.91 Å². The molecule has 1 fully saturated rings. The molecule has 0 saturated heterocycles. The molecule has 0 aliphatic heterocycles. The van der Waals surface area contributed by atoms with Crippen LogP contribution in [0.15, 0.2) is 29.2 Å². The topological polar surface area (TPSA) is 64.9 Å². The Kier molecular flexibility index (Phi) is 7.99. The maximum absolute atomic E-state index is 12.2. The van der Waals surface area contributed by atoms with Crippen LogP contribution in [0, 0.1) is 11.3 Å². The van der Waals surface area contributed by atoms with E-state index in [0.717, 1.165) is 10.6 Å². The van der Waals surface area contributed by atoms with E-state index in [9.17, 15) is 4.79 Å². The van der Waals surface area contributed by atoms with Crippen LogP contribution in [0.2, 0.25) is 0 Å². The molecule has 4 nitrogen and oxygen atoms in total. The number of thioether (sulfide) groups is 1. The molecule has 2 rings (SSSR count). The second kappa shape index (κ2) is 10.3. The van der Waals surface area contributed by atoms with Gasteiger partial charge in [0.2, 0.25) is 5.91 Å². The van der Waals surface area contributed by atoms with Crippen molar-refractivity contribution in [1.29, 1.82) is 5.26 Å². The summed E-state index contributed by atoms with van der Waals surface area (Å²) in [6.07, 6.45) is 8.83. The van der Waals surface area contributed by atoms with Crippen LogP contribution in [0.5, 0.6) is 0 Å². The molecule has 1 aliphatic rings. The average molecular weight is 331 g/mol. The van der Waals surface area contributed by atoms with Crippen LogP contribution in [0.1, 0.15) is 44.9 Å². The smallest absolute Gasteiger partial charge is 0.238 e. The second-order valence-electron chi connectivity index (χ2n) is 5.91. The van der Waals surface area contributed by atoms with Crippen LogP contribution < -0.4 is 10.6 Å². The minimum atomic E-state index is -0.0166. The lowest BCUT2D eigenvalue weighted by Gasteiger charge is -2.21. The van der Waals surface area contributed by atoms with Crippen molar-refractivity contribution in [3.05, 3.63) is 24.3 Å². The molecule has 1 aromatic rings. The number of nitriles is 1. The van der Waals surface area contributed by atoms with Gasteiger partial charge in [-0.3, -0.25) is 4.79 Å². The first kappa shape index (κ1) is 17.8. The van der Waals surface area contributed by atoms with E-state index in [2.05, 4.69) is 16.7 Å². The molecule has 0 radical (unpaired) electrons. The van der Waals surface area contributed by atoms with Gasteiger partial charge in [0.1, 0.15) is 0 Å². The van der Waals surface area contributed by atoms with Crippen LogP contribution >= 0.6 is 11.8 Å². The number of carbonyl (C=O) groups excluding carboxylic acids is 1. The summed E-state index contributed by atoms with van der Waals surface area (Å²) in [6.45, 7) is 0.349. The zero-order chi connectivity index (χ0) is 16.3. The van der Waals surface area contributed by atoms with E-state index in [1.807, 2.05) is 24.3 Å². The minimum Gasteiger partial charge on any atom is -0.324 e. The third-order valence-electron chi connectivity index (χ3n) is 4.11. The molecule has 1 saturated carbocycles. The van der Waals surface area contributed by atoms with E-state index < -0.39 is 0 Å². The highest BCUT2D eigenvalue weighted by atomic mass is 32.2. The number of amides is 1. The Labute approximate surface area is 143 Å². The summed E-state index contributed by atoms with van der Waals surface area (Å²) in [7, 11) is 0. The summed E-state index contributed by atoms with van der Waals surface area (Å²) in [6, 6.07) is 10.2. The molecular weight excluding hydrogens is 306 g/mol. The Bertz CT molecular complexity index is 533. The predicted molar refractivity (Wildman–Crippen MR) is 95.5 cm³/mol. The highest BCUT2D eigenvalue weighted by Crippen LogP contribution is 2.26. The zero-order valence-corrected chi connectivity index (χ0v) is 14.3. The maximum atomic E-state index is 12.2. The Morgan fingerprint density at radius 1 is 1.17 bits per heavy atom. The number of nitrogens with one attached hydrogen (secondary N) is 2. The van der Waals surface area contributed by atoms with E-state index in [1.54, 1.807) is 0 Å². The lowest BCUT2D eigenvalue weighted by molar-refractivity contribution is -0.115. The van der Waals surface area contributed by atoms with Crippen molar-refractivity contribution >= 4 is 23.4 Å². The summed E-state index contributed by atoms with van der Waals surface area (Å²) in [5.74, 6) is 0.366. The van der Waals surface area contributed by atoms with E-state index >= 15 is 0 Å². The molecule has 2 N–H and O–H groups in total. The van der Waals surface area contributed by atoms with Gasteiger partial charge in [-0.25, -0.2) is 0 Å². The summed E-state index contributed by atoms with van der Waals surface area (Å²) < 4.78 is 0. The van der Waals surface area contributed by atoms with Crippen molar-refractivity contribution in [3.63, 3.8) is 0 Å². The van der Waals surface area contributed by atoms with Gasteiger partial charge >= 0.3 is 0 Å². The summed E-state index contributed by atoms with van der Waals surface area (Å²) >= 11 is 1.44. The second-order valence-corrected chi connectivity index (χ2v) is 6.93. The van der Waals surface area contributed by atoms with Gasteiger partial charge in [-0.2, -0.15) is 5.26 Å². The van der Waals surface area contributed by atoms with Crippen LogP contribution in [-0.4, -0.2) is 24.2 Å². The highest BCUT2D eigenvalue weighted by molar-refractivity contribution is 7.99. The van der Waals surface area contributed by atoms with E-state index in [4.69, 9.17) is 5.26 Å². The van der Waals surface area contributed by atoms with Crippen LogP contribution in [0.4, 0.5) is 5.69 Å². The molecule has 0 atom stereocenters. The minimum absolute atomic E-state index is 0.0166. The van der Waals surface area contributed by atoms with Crippen molar-refractivity contribution < 1.29 is 4.79 Å². The average Bonchev–Trinajstić information content (AvgIpc) is 2.53. The van der Waals surface area contributed by atoms with Crippen LogP contribution in [0.3, 0.4) is 0 Å². The van der Waals surface area contributed by atoms with Gasteiger partial charge in [0.15, 0.2) is 0 Å². The molecule has 1 amide bonds. The van der Waals surface area contributed by atoms with Gasteiger partial charge in [-0.05, 0) is 25.0 Å². The summed E-state index contributed by atoms with van der Waals surface area (Å²) in [5.41, 5.74) is 0.789. The zero-order valence-electron chi connectivity index (χ0n) is 13.5. The first-order valence-electron chi connectivity index (χ1n) is 8.41. The largest absolute Gasteiger partial charge is 0.324 e. The molecule has 0 heterocycles. The first-order valence-corrected chi connectivity index (χ1v) is 9.40. The number of nitrogens with zero attached hydrogens (tertiary/aromatic N) is 1. The number of rotatable bonds is 6. The van der Waals surface area contributed by atoms with Gasteiger partial charge in [-0.15, -0.1) is 11.8 Å². The predicted octanol–water partition coefficient (Wildman–Crippen LogP) is 3.94. The van der Waals surface area contributed by atoms with E-state index in [1.165, 1.54) is 56.7 Å². The van der Waals surface area contributed by atoms with Crippen molar-refractivity contribution in [2.24, 2.45) is 0 Å². The molecule has 0 aromatic heterocycles. The van der Waals surface area contributed by atoms with Gasteiger partial charge < -0.3 is 10.6 Å². The number of carbonyl (C=O) groups is 1. The highest BCUT2D eigenvalue weighted by Gasteiger charge is 2.13. The molecule has 1 aromatic carbocycles. The van der Waals surface area contributed by atoms with Crippen LogP contribution in [-0.2, 0) is 4.79 Å². The van der Waals surface area contributed by atoms with Gasteiger partial charge in [0.25, 0.3) is 0 Å². The molecule has 0 unspecified atom stereocenters. The maximum Gasteiger partial charge on any atom is 0.238 e. The molecule has 0 bridgehead atoms. The standard InChI is InChI=1S/C18H25N3OS/c19-12-13-23-17-11-7-6-10-16(17)21-18(22)14-20-15-8-4-2-1-3-5-9-15/h6-7,10-11,15,20H,1-5,8-9,13-14H2,(H,21,22). The Hall–Kier alpha value is -1.51. The monoisotopic (exact) mass is 331 g/mol. The van der Waals surface area contributed by atoms with Crippen molar-refractivity contribution in [3.8, 4) is 6.07 Å². The number of benzene rings is 1. The van der Waals surface area contributed by atoms with Gasteiger partial charge in [0.05, 0.1) is 24.1 Å². The molecule has 23 heavy (non-hydrogen) atoms. The lowest BCUT2D eigenvalue weighted by atomic mass is 9.97. The number of para-hydroxylation sites is 1. The third-order valence-corrected chi connectivity index (χ3v) is 5.05. The van der Waals surface area contributed by atoms with Crippen molar-refractivity contribution in [2.45, 2.75) is 55.9 Å². The number of hydrogen-bond donors (Lipinski definition) is 2. The molecule has 1 aliphatic carbocycles. The Morgan fingerprint density at radius 3 is 2.61 bits per heavy atom. The fourth-order valence-corrected chi connectivity index (χ4v) is 3.57. The molecule has 124 valence electrons. The summed E-state index contributed by atoms with van der Waals surface area (Å²) in [4.78, 5) is 13.1. The molecule has 5 heteroatoms. The molecule has 0 spiro atoms. The fourth-order valence-electron chi connectivity index (χ4n) is 2.90. The van der Waals surface area contributed by atoms with Gasteiger partial charge in [-0.1, -0.05) is 44.2 Å². The SMILES string of the molecule is N#CCSc1ccccc1NC(=O)CNC1CCCCCCC1. The van der Waals surface area contributed by atoms with Crippen LogP contribution in [0.25, 0.3) is 0 Å². The summed E-state index contributed by atoms with van der Waals surface area (Å²) in [5, 5.41) is 15.1. The normalized spacial score (nSPS) is 16.1. The van der Waals surface area contributed by atoms with Crippen molar-refractivity contribution in [1.82, 2.24) is 5.32 Å². The Morgan fingerprint density at radius 2 is 1.87 bits per heavy atom. The number of hydrogen-bond acceptors (Lipinski definition) is 4. The quantitative estimate of drug-likeness (QED) is 0.775. The fraction of sp³-hybridized carbons (Fsp3) is 0.556. The molecular formula is C18H25N3OS.